The van der Waals surface area contributed by atoms with Crippen molar-refractivity contribution in [1.29, 1.82) is 0 Å². The molecule has 0 atom stereocenters. The Kier molecular flexibility index (Phi) is 5.68. The lowest BCUT2D eigenvalue weighted by Crippen LogP contribution is -2.43. The number of carbonyl (C=O) groups excluding carboxylic acids is 1. The third kappa shape index (κ3) is 4.29. The van der Waals surface area contributed by atoms with Crippen molar-refractivity contribution in [1.82, 2.24) is 4.90 Å². The predicted molar refractivity (Wildman–Crippen MR) is 104 cm³/mol. The lowest BCUT2D eigenvalue weighted by molar-refractivity contribution is -0.121. The largest absolute Gasteiger partial charge is 0.506 e. The number of carbonyl (C=O) groups is 1. The van der Waals surface area contributed by atoms with Gasteiger partial charge in [-0.2, -0.15) is 0 Å². The van der Waals surface area contributed by atoms with E-state index in [9.17, 15) is 14.3 Å². The summed E-state index contributed by atoms with van der Waals surface area (Å²) in [7, 11) is 0. The fourth-order valence-corrected chi connectivity index (χ4v) is 3.21. The summed E-state index contributed by atoms with van der Waals surface area (Å²) >= 11 is 5.36. The van der Waals surface area contributed by atoms with Crippen LogP contribution in [0.4, 0.5) is 15.8 Å². The van der Waals surface area contributed by atoms with Crippen LogP contribution < -0.4 is 10.6 Å². The monoisotopic (exact) mass is 373 g/mol. The molecule has 2 aromatic carbocycles. The molecule has 26 heavy (non-hydrogen) atoms. The van der Waals surface area contributed by atoms with Gasteiger partial charge in [0.1, 0.15) is 11.6 Å². The number of halogens is 1. The zero-order chi connectivity index (χ0) is 18.5. The molecule has 1 aliphatic rings. The number of hydrogen-bond donors (Lipinski definition) is 3. The highest BCUT2D eigenvalue weighted by atomic mass is 32.1. The van der Waals surface area contributed by atoms with Crippen LogP contribution in [0.25, 0.3) is 0 Å². The maximum absolute atomic E-state index is 13.7. The van der Waals surface area contributed by atoms with E-state index in [1.807, 2.05) is 4.90 Å². The summed E-state index contributed by atoms with van der Waals surface area (Å²) in [6, 6.07) is 13.0. The third-order valence-electron chi connectivity index (χ3n) is 4.43. The topological polar surface area (TPSA) is 64.6 Å². The average Bonchev–Trinajstić information content (AvgIpc) is 2.65. The second-order valence-corrected chi connectivity index (χ2v) is 6.56. The summed E-state index contributed by atoms with van der Waals surface area (Å²) < 4.78 is 13.7. The number of benzene rings is 2. The van der Waals surface area contributed by atoms with Crippen molar-refractivity contribution in [2.45, 2.75) is 12.8 Å². The van der Waals surface area contributed by atoms with Crippen LogP contribution in [0.1, 0.15) is 12.8 Å². The molecule has 0 spiro atoms. The molecule has 1 aliphatic heterocycles. The van der Waals surface area contributed by atoms with Crippen molar-refractivity contribution >= 4 is 34.6 Å². The van der Waals surface area contributed by atoms with Crippen LogP contribution in [0, 0.1) is 11.7 Å². The number of anilines is 2. The number of aromatic hydroxyl groups is 1. The van der Waals surface area contributed by atoms with Crippen molar-refractivity contribution in [3.8, 4) is 5.75 Å². The average molecular weight is 373 g/mol. The molecule has 3 rings (SSSR count). The van der Waals surface area contributed by atoms with Crippen LogP contribution in [0.3, 0.4) is 0 Å². The molecule has 1 saturated heterocycles. The van der Waals surface area contributed by atoms with Crippen LogP contribution in [0.2, 0.25) is 0 Å². The molecular weight excluding hydrogens is 353 g/mol. The van der Waals surface area contributed by atoms with Crippen LogP contribution in [-0.2, 0) is 4.79 Å². The van der Waals surface area contributed by atoms with E-state index in [1.165, 1.54) is 12.1 Å². The Morgan fingerprint density at radius 3 is 2.31 bits per heavy atom. The molecule has 3 N–H and O–H groups in total. The Morgan fingerprint density at radius 1 is 1.04 bits per heavy atom. The molecule has 2 aromatic rings. The number of para-hydroxylation sites is 3. The van der Waals surface area contributed by atoms with E-state index in [-0.39, 0.29) is 23.4 Å². The second kappa shape index (κ2) is 8.14. The van der Waals surface area contributed by atoms with Gasteiger partial charge in [-0.05, 0) is 49.3 Å². The van der Waals surface area contributed by atoms with Gasteiger partial charge in [0.05, 0.1) is 11.4 Å². The van der Waals surface area contributed by atoms with Crippen molar-refractivity contribution in [3.05, 3.63) is 54.3 Å². The zero-order valence-electron chi connectivity index (χ0n) is 14.1. The second-order valence-electron chi connectivity index (χ2n) is 6.18. The number of nitrogens with zero attached hydrogens (tertiary/aromatic N) is 1. The van der Waals surface area contributed by atoms with Crippen LogP contribution in [0.15, 0.2) is 48.5 Å². The van der Waals surface area contributed by atoms with E-state index >= 15 is 0 Å². The molecule has 1 amide bonds. The molecule has 136 valence electrons. The van der Waals surface area contributed by atoms with Gasteiger partial charge in [0.15, 0.2) is 5.11 Å². The minimum absolute atomic E-state index is 0.0496. The maximum Gasteiger partial charge on any atom is 0.227 e. The lowest BCUT2D eigenvalue weighted by atomic mass is 9.96. The molecule has 1 fully saturated rings. The summed E-state index contributed by atoms with van der Waals surface area (Å²) in [6.45, 7) is 1.22. The summed E-state index contributed by atoms with van der Waals surface area (Å²) in [5.41, 5.74) is 0.758. The number of thiocarbonyl (C=S) groups is 1. The van der Waals surface area contributed by atoms with Gasteiger partial charge in [0.25, 0.3) is 0 Å². The first-order chi connectivity index (χ1) is 12.5. The van der Waals surface area contributed by atoms with Crippen molar-refractivity contribution < 1.29 is 14.3 Å². The van der Waals surface area contributed by atoms with E-state index in [1.54, 1.807) is 36.4 Å². The van der Waals surface area contributed by atoms with E-state index in [0.717, 1.165) is 0 Å². The van der Waals surface area contributed by atoms with Gasteiger partial charge in [-0.25, -0.2) is 4.39 Å². The number of hydrogen-bond acceptors (Lipinski definition) is 3. The highest BCUT2D eigenvalue weighted by Gasteiger charge is 2.26. The smallest absolute Gasteiger partial charge is 0.227 e. The molecule has 0 bridgehead atoms. The molecule has 7 heteroatoms. The lowest BCUT2D eigenvalue weighted by Gasteiger charge is -2.33. The molecular formula is C19H20FN3O2S. The summed E-state index contributed by atoms with van der Waals surface area (Å²) in [5, 5.41) is 15.9. The quantitative estimate of drug-likeness (QED) is 0.567. The van der Waals surface area contributed by atoms with Gasteiger partial charge in [-0.3, -0.25) is 4.79 Å². The minimum atomic E-state index is -0.355. The summed E-state index contributed by atoms with van der Waals surface area (Å²) in [5.74, 6) is -0.568. The molecule has 5 nitrogen and oxygen atoms in total. The van der Waals surface area contributed by atoms with E-state index in [0.29, 0.717) is 42.4 Å². The van der Waals surface area contributed by atoms with Gasteiger partial charge < -0.3 is 20.6 Å². The van der Waals surface area contributed by atoms with Crippen LogP contribution in [0.5, 0.6) is 5.75 Å². The first-order valence-electron chi connectivity index (χ1n) is 8.44. The third-order valence-corrected chi connectivity index (χ3v) is 4.79. The normalized spacial score (nSPS) is 14.7. The Hall–Kier alpha value is -2.67. The fourth-order valence-electron chi connectivity index (χ4n) is 2.92. The number of piperidine rings is 1. The molecule has 0 aliphatic carbocycles. The van der Waals surface area contributed by atoms with Crippen molar-refractivity contribution in [3.63, 3.8) is 0 Å². The molecule has 0 radical (unpaired) electrons. The SMILES string of the molecule is O=C(Nc1ccccc1O)C1CCN(C(=S)Nc2ccccc2F)CC1. The molecule has 0 unspecified atom stereocenters. The number of phenols is 1. The maximum atomic E-state index is 13.7. The van der Waals surface area contributed by atoms with Crippen LogP contribution in [-0.4, -0.2) is 34.1 Å². The van der Waals surface area contributed by atoms with Gasteiger partial charge in [-0.15, -0.1) is 0 Å². The minimum Gasteiger partial charge on any atom is -0.506 e. The highest BCUT2D eigenvalue weighted by Crippen LogP contribution is 2.25. The molecule has 0 saturated carbocycles. The predicted octanol–water partition coefficient (Wildman–Crippen LogP) is 3.58. The Balaban J connectivity index is 1.52. The highest BCUT2D eigenvalue weighted by molar-refractivity contribution is 7.80. The first-order valence-corrected chi connectivity index (χ1v) is 8.85. The standard InChI is InChI=1S/C19H20FN3O2S/c20-14-5-1-2-6-15(14)22-19(26)23-11-9-13(10-12-23)18(25)21-16-7-3-4-8-17(16)24/h1-8,13,24H,9-12H2,(H,21,25)(H,22,26). The van der Waals surface area contributed by atoms with Gasteiger partial charge in [0, 0.05) is 19.0 Å². The Labute approximate surface area is 156 Å². The van der Waals surface area contributed by atoms with Gasteiger partial charge in [0.2, 0.25) is 5.91 Å². The number of likely N-dealkylation sites (tertiary alicyclic amines) is 1. The Morgan fingerprint density at radius 2 is 1.65 bits per heavy atom. The number of amides is 1. The zero-order valence-corrected chi connectivity index (χ0v) is 14.9. The van der Waals surface area contributed by atoms with Crippen molar-refractivity contribution in [2.24, 2.45) is 5.92 Å². The fraction of sp³-hybridized carbons (Fsp3) is 0.263. The van der Waals surface area contributed by atoms with E-state index in [2.05, 4.69) is 10.6 Å². The number of phenolic OH excluding ortho intramolecular Hbond substituents is 1. The first kappa shape index (κ1) is 18.1. The van der Waals surface area contributed by atoms with Gasteiger partial charge >= 0.3 is 0 Å². The van der Waals surface area contributed by atoms with E-state index < -0.39 is 0 Å². The molecule has 0 aromatic heterocycles. The van der Waals surface area contributed by atoms with Gasteiger partial charge in [-0.1, -0.05) is 24.3 Å². The summed E-state index contributed by atoms with van der Waals surface area (Å²) in [6.07, 6.45) is 1.27. The number of rotatable bonds is 3. The Bertz CT molecular complexity index is 739. The summed E-state index contributed by atoms with van der Waals surface area (Å²) in [4.78, 5) is 14.3. The molecule has 1 heterocycles. The van der Waals surface area contributed by atoms with Crippen LogP contribution >= 0.6 is 12.2 Å². The van der Waals surface area contributed by atoms with E-state index in [4.69, 9.17) is 12.2 Å². The number of nitrogens with one attached hydrogen (secondary N) is 2. The van der Waals surface area contributed by atoms with Crippen molar-refractivity contribution in [2.75, 3.05) is 23.7 Å².